The van der Waals surface area contributed by atoms with Gasteiger partial charge in [0.2, 0.25) is 0 Å². The molecular weight excluding hydrogens is 194 g/mol. The first-order valence-corrected chi connectivity index (χ1v) is 4.60. The zero-order chi connectivity index (χ0) is 7.98. The van der Waals surface area contributed by atoms with E-state index >= 15 is 0 Å². The van der Waals surface area contributed by atoms with Gasteiger partial charge < -0.3 is 9.64 Å². The van der Waals surface area contributed by atoms with Gasteiger partial charge in [-0.15, -0.1) is 0 Å². The lowest BCUT2D eigenvalue weighted by molar-refractivity contribution is 0.0877. The molecule has 0 aromatic carbocycles. The van der Waals surface area contributed by atoms with Crippen molar-refractivity contribution < 1.29 is 4.74 Å². The van der Waals surface area contributed by atoms with Gasteiger partial charge in [0.25, 0.3) is 0 Å². The van der Waals surface area contributed by atoms with Crippen LogP contribution in [-0.2, 0) is 4.74 Å². The fourth-order valence-electron chi connectivity index (χ4n) is 0.749. The van der Waals surface area contributed by atoms with E-state index in [0.29, 0.717) is 6.10 Å². The van der Waals surface area contributed by atoms with Crippen molar-refractivity contribution in [3.8, 4) is 0 Å². The molecule has 3 heteroatoms. The highest BCUT2D eigenvalue weighted by Gasteiger charge is 2.02. The maximum atomic E-state index is 5.11. The first-order chi connectivity index (χ1) is 4.70. The van der Waals surface area contributed by atoms with E-state index in [9.17, 15) is 0 Å². The van der Waals surface area contributed by atoms with E-state index < -0.39 is 0 Å². The van der Waals surface area contributed by atoms with Crippen LogP contribution in [-0.4, -0.2) is 43.6 Å². The summed E-state index contributed by atoms with van der Waals surface area (Å²) in [5.41, 5.74) is 0. The van der Waals surface area contributed by atoms with E-state index in [1.807, 2.05) is 0 Å². The molecule has 0 bridgehead atoms. The topological polar surface area (TPSA) is 12.5 Å². The fraction of sp³-hybridized carbons (Fsp3) is 1.00. The fourth-order valence-corrected chi connectivity index (χ4v) is 1.35. The minimum atomic E-state index is 0.337. The SMILES string of the molecule is COC(C)CN(C)CCBr. The molecule has 0 spiro atoms. The summed E-state index contributed by atoms with van der Waals surface area (Å²) in [6, 6.07) is 0. The van der Waals surface area contributed by atoms with Gasteiger partial charge >= 0.3 is 0 Å². The van der Waals surface area contributed by atoms with Crippen LogP contribution in [0.3, 0.4) is 0 Å². The third kappa shape index (κ3) is 5.21. The van der Waals surface area contributed by atoms with Crippen LogP contribution in [0.4, 0.5) is 0 Å². The van der Waals surface area contributed by atoms with Crippen molar-refractivity contribution in [2.24, 2.45) is 0 Å². The van der Waals surface area contributed by atoms with Crippen LogP contribution in [0.1, 0.15) is 6.92 Å². The summed E-state index contributed by atoms with van der Waals surface area (Å²) in [6.07, 6.45) is 0.337. The van der Waals surface area contributed by atoms with E-state index in [0.717, 1.165) is 18.4 Å². The second kappa shape index (κ2) is 6.13. The Morgan fingerprint density at radius 1 is 1.60 bits per heavy atom. The smallest absolute Gasteiger partial charge is 0.0669 e. The molecule has 2 nitrogen and oxygen atoms in total. The number of halogens is 1. The highest BCUT2D eigenvalue weighted by Crippen LogP contribution is 1.93. The van der Waals surface area contributed by atoms with Crippen LogP contribution in [0.25, 0.3) is 0 Å². The monoisotopic (exact) mass is 209 g/mol. The largest absolute Gasteiger partial charge is 0.380 e. The summed E-state index contributed by atoms with van der Waals surface area (Å²) < 4.78 is 5.11. The summed E-state index contributed by atoms with van der Waals surface area (Å²) in [4.78, 5) is 2.24. The first-order valence-electron chi connectivity index (χ1n) is 3.48. The standard InChI is InChI=1S/C7H16BrNO/c1-7(10-3)6-9(2)5-4-8/h7H,4-6H2,1-3H3. The van der Waals surface area contributed by atoms with Gasteiger partial charge in [-0.1, -0.05) is 15.9 Å². The molecule has 0 aliphatic rings. The van der Waals surface area contributed by atoms with Crippen molar-refractivity contribution in [1.29, 1.82) is 0 Å². The van der Waals surface area contributed by atoms with Crippen LogP contribution < -0.4 is 0 Å². The molecule has 0 saturated heterocycles. The third-order valence-corrected chi connectivity index (χ3v) is 1.79. The number of ether oxygens (including phenoxy) is 1. The highest BCUT2D eigenvalue weighted by atomic mass is 79.9. The maximum Gasteiger partial charge on any atom is 0.0669 e. The number of rotatable bonds is 5. The summed E-state index contributed by atoms with van der Waals surface area (Å²) >= 11 is 3.38. The van der Waals surface area contributed by atoms with Crippen molar-refractivity contribution in [2.75, 3.05) is 32.6 Å². The molecule has 0 N–H and O–H groups in total. The number of hydrogen-bond donors (Lipinski definition) is 0. The molecule has 0 amide bonds. The average molecular weight is 210 g/mol. The molecule has 0 radical (unpaired) electrons. The van der Waals surface area contributed by atoms with Crippen molar-refractivity contribution in [3.63, 3.8) is 0 Å². The second-order valence-corrected chi connectivity index (χ2v) is 3.29. The minimum Gasteiger partial charge on any atom is -0.380 e. The number of likely N-dealkylation sites (N-methyl/N-ethyl adjacent to an activating group) is 1. The molecule has 0 aliphatic heterocycles. The maximum absolute atomic E-state index is 5.11. The zero-order valence-corrected chi connectivity index (χ0v) is 8.52. The van der Waals surface area contributed by atoms with E-state index in [2.05, 4.69) is 34.8 Å². The Morgan fingerprint density at radius 3 is 2.60 bits per heavy atom. The van der Waals surface area contributed by atoms with Crippen LogP contribution >= 0.6 is 15.9 Å². The predicted molar refractivity (Wildman–Crippen MR) is 47.8 cm³/mol. The van der Waals surface area contributed by atoms with E-state index in [-0.39, 0.29) is 0 Å². The van der Waals surface area contributed by atoms with Crippen LogP contribution in [0.5, 0.6) is 0 Å². The Bertz CT molecular complexity index is 80.0. The van der Waals surface area contributed by atoms with Crippen molar-refractivity contribution in [1.82, 2.24) is 4.90 Å². The minimum absolute atomic E-state index is 0.337. The van der Waals surface area contributed by atoms with Gasteiger partial charge in [0, 0.05) is 25.5 Å². The second-order valence-electron chi connectivity index (χ2n) is 2.50. The van der Waals surface area contributed by atoms with Gasteiger partial charge in [-0.3, -0.25) is 0 Å². The molecule has 0 aromatic rings. The molecule has 0 aliphatic carbocycles. The van der Waals surface area contributed by atoms with Gasteiger partial charge in [-0.25, -0.2) is 0 Å². The van der Waals surface area contributed by atoms with E-state index in [1.165, 1.54) is 0 Å². The molecule has 0 heterocycles. The summed E-state index contributed by atoms with van der Waals surface area (Å²) in [7, 11) is 3.84. The molecule has 0 rings (SSSR count). The number of alkyl halides is 1. The molecule has 1 atom stereocenters. The lowest BCUT2D eigenvalue weighted by atomic mass is 10.4. The first kappa shape index (κ1) is 10.4. The van der Waals surface area contributed by atoms with Gasteiger partial charge in [0.1, 0.15) is 0 Å². The van der Waals surface area contributed by atoms with Crippen LogP contribution in [0.2, 0.25) is 0 Å². The van der Waals surface area contributed by atoms with Crippen molar-refractivity contribution >= 4 is 15.9 Å². The molecular formula is C7H16BrNO. The zero-order valence-electron chi connectivity index (χ0n) is 6.93. The van der Waals surface area contributed by atoms with Gasteiger partial charge in [-0.05, 0) is 14.0 Å². The Hall–Kier alpha value is 0.400. The van der Waals surface area contributed by atoms with Gasteiger partial charge in [-0.2, -0.15) is 0 Å². The molecule has 62 valence electrons. The highest BCUT2D eigenvalue weighted by molar-refractivity contribution is 9.09. The number of hydrogen-bond acceptors (Lipinski definition) is 2. The number of nitrogens with zero attached hydrogens (tertiary/aromatic N) is 1. The molecule has 0 aromatic heterocycles. The van der Waals surface area contributed by atoms with Crippen molar-refractivity contribution in [3.05, 3.63) is 0 Å². The number of methoxy groups -OCH3 is 1. The molecule has 0 saturated carbocycles. The normalized spacial score (nSPS) is 14.1. The molecule has 0 fully saturated rings. The lowest BCUT2D eigenvalue weighted by Gasteiger charge is -2.18. The predicted octanol–water partition coefficient (Wildman–Crippen LogP) is 1.35. The summed E-state index contributed by atoms with van der Waals surface area (Å²) in [5.74, 6) is 0. The Kier molecular flexibility index (Phi) is 6.38. The van der Waals surface area contributed by atoms with Gasteiger partial charge in [0.05, 0.1) is 6.10 Å². The van der Waals surface area contributed by atoms with Crippen molar-refractivity contribution in [2.45, 2.75) is 13.0 Å². The molecule has 1 unspecified atom stereocenters. The Labute approximate surface area is 71.7 Å². The summed E-state index contributed by atoms with van der Waals surface area (Å²) in [5, 5.41) is 1.03. The Morgan fingerprint density at radius 2 is 2.20 bits per heavy atom. The third-order valence-electron chi connectivity index (χ3n) is 1.44. The lowest BCUT2D eigenvalue weighted by Crippen LogP contribution is -2.29. The van der Waals surface area contributed by atoms with Gasteiger partial charge in [0.15, 0.2) is 0 Å². The van der Waals surface area contributed by atoms with E-state index in [1.54, 1.807) is 7.11 Å². The Balaban J connectivity index is 3.27. The van der Waals surface area contributed by atoms with Crippen LogP contribution in [0, 0.1) is 0 Å². The summed E-state index contributed by atoms with van der Waals surface area (Å²) in [6.45, 7) is 4.15. The van der Waals surface area contributed by atoms with Crippen LogP contribution in [0.15, 0.2) is 0 Å². The molecule has 10 heavy (non-hydrogen) atoms. The quantitative estimate of drug-likeness (QED) is 0.635. The van der Waals surface area contributed by atoms with E-state index in [4.69, 9.17) is 4.74 Å². The average Bonchev–Trinajstić information content (AvgIpc) is 1.88.